The van der Waals surface area contributed by atoms with Crippen molar-refractivity contribution >= 4 is 23.4 Å². The number of fused-ring (bicyclic) bond motifs is 1. The van der Waals surface area contributed by atoms with Crippen molar-refractivity contribution in [2.45, 2.75) is 38.0 Å². The molecule has 116 valence electrons. The highest BCUT2D eigenvalue weighted by molar-refractivity contribution is 7.98. The molecule has 2 N–H and O–H groups in total. The Balaban J connectivity index is 1.72. The topological polar surface area (TPSA) is 41.1 Å². The fourth-order valence-electron chi connectivity index (χ4n) is 2.80. The highest BCUT2D eigenvalue weighted by Crippen LogP contribution is 2.31. The second kappa shape index (κ2) is 8.98. The molecule has 0 bridgehead atoms. The predicted molar refractivity (Wildman–Crippen MR) is 92.1 cm³/mol. The van der Waals surface area contributed by atoms with Gasteiger partial charge in [0.25, 0.3) is 0 Å². The molecule has 1 aliphatic rings. The van der Waals surface area contributed by atoms with E-state index in [0.717, 1.165) is 37.2 Å². The molecule has 0 spiro atoms. The molecule has 1 aliphatic heterocycles. The monoisotopic (exact) mass is 306 g/mol. The van der Waals surface area contributed by atoms with Crippen molar-refractivity contribution in [2.24, 2.45) is 0 Å². The average molecular weight is 306 g/mol. The highest BCUT2D eigenvalue weighted by atomic mass is 32.2. The summed E-state index contributed by atoms with van der Waals surface area (Å²) in [4.78, 5) is 12.4. The van der Waals surface area contributed by atoms with E-state index >= 15 is 0 Å². The maximum atomic E-state index is 12.4. The fraction of sp³-hybridized carbons (Fsp3) is 0.588. The van der Waals surface area contributed by atoms with E-state index in [1.54, 1.807) is 0 Å². The Kier molecular flexibility index (Phi) is 6.93. The molecule has 1 aromatic carbocycles. The van der Waals surface area contributed by atoms with Crippen LogP contribution in [0.25, 0.3) is 0 Å². The fourth-order valence-corrected chi connectivity index (χ4v) is 3.29. The summed E-state index contributed by atoms with van der Waals surface area (Å²) < 4.78 is 0. The van der Waals surface area contributed by atoms with Crippen LogP contribution in [0.4, 0.5) is 5.69 Å². The Morgan fingerprint density at radius 2 is 2.10 bits per heavy atom. The lowest BCUT2D eigenvalue weighted by atomic mass is 9.90. The molecule has 0 fully saturated rings. The van der Waals surface area contributed by atoms with Gasteiger partial charge < -0.3 is 10.6 Å². The lowest BCUT2D eigenvalue weighted by Gasteiger charge is -2.25. The molecule has 0 saturated heterocycles. The number of thioether (sulfide) groups is 1. The van der Waals surface area contributed by atoms with Crippen LogP contribution in [0.5, 0.6) is 0 Å². The van der Waals surface area contributed by atoms with Gasteiger partial charge in [-0.15, -0.1) is 0 Å². The number of anilines is 1. The molecule has 3 nitrogen and oxygen atoms in total. The van der Waals surface area contributed by atoms with E-state index in [1.807, 2.05) is 23.9 Å². The summed E-state index contributed by atoms with van der Waals surface area (Å²) in [5.41, 5.74) is 2.25. The van der Waals surface area contributed by atoms with Gasteiger partial charge in [0, 0.05) is 18.8 Å². The van der Waals surface area contributed by atoms with E-state index in [4.69, 9.17) is 0 Å². The molecule has 0 radical (unpaired) electrons. The van der Waals surface area contributed by atoms with Crippen LogP contribution in [0.1, 0.15) is 43.6 Å². The van der Waals surface area contributed by atoms with Gasteiger partial charge in [-0.25, -0.2) is 0 Å². The van der Waals surface area contributed by atoms with E-state index in [2.05, 4.69) is 29.0 Å². The lowest BCUT2D eigenvalue weighted by molar-refractivity contribution is -0.122. The van der Waals surface area contributed by atoms with Gasteiger partial charge in [0.1, 0.15) is 0 Å². The molecule has 0 aromatic heterocycles. The van der Waals surface area contributed by atoms with Crippen molar-refractivity contribution in [3.05, 3.63) is 29.8 Å². The first-order chi connectivity index (χ1) is 10.3. The van der Waals surface area contributed by atoms with Crippen LogP contribution >= 0.6 is 11.8 Å². The van der Waals surface area contributed by atoms with E-state index < -0.39 is 0 Å². The summed E-state index contributed by atoms with van der Waals surface area (Å²) in [6.45, 7) is 1.69. The first-order valence-corrected chi connectivity index (χ1v) is 9.31. The summed E-state index contributed by atoms with van der Waals surface area (Å²) in [7, 11) is 0. The Hall–Kier alpha value is -1.16. The van der Waals surface area contributed by atoms with Crippen LogP contribution in [-0.4, -0.2) is 31.0 Å². The second-order valence-corrected chi connectivity index (χ2v) is 6.54. The first kappa shape index (κ1) is 16.2. The van der Waals surface area contributed by atoms with Gasteiger partial charge in [-0.3, -0.25) is 4.79 Å². The number of hydrogen-bond donors (Lipinski definition) is 2. The summed E-state index contributed by atoms with van der Waals surface area (Å²) in [5.74, 6) is 1.45. The van der Waals surface area contributed by atoms with Crippen molar-refractivity contribution in [2.75, 3.05) is 30.4 Å². The smallest absolute Gasteiger partial charge is 0.227 e. The number of unbranched alkanes of at least 4 members (excludes halogenated alkanes) is 3. The van der Waals surface area contributed by atoms with Crippen molar-refractivity contribution in [1.29, 1.82) is 0 Å². The van der Waals surface area contributed by atoms with Crippen LogP contribution in [0.3, 0.4) is 0 Å². The van der Waals surface area contributed by atoms with E-state index in [1.165, 1.54) is 25.0 Å². The predicted octanol–water partition coefficient (Wildman–Crippen LogP) is 3.63. The molecule has 1 unspecified atom stereocenters. The maximum Gasteiger partial charge on any atom is 0.227 e. The highest BCUT2D eigenvalue weighted by Gasteiger charge is 2.25. The second-order valence-electron chi connectivity index (χ2n) is 5.55. The van der Waals surface area contributed by atoms with Gasteiger partial charge in [-0.2, -0.15) is 11.8 Å². The molecule has 4 heteroatoms. The van der Waals surface area contributed by atoms with E-state index in [-0.39, 0.29) is 11.8 Å². The summed E-state index contributed by atoms with van der Waals surface area (Å²) in [5, 5.41) is 6.47. The lowest BCUT2D eigenvalue weighted by Crippen LogP contribution is -2.33. The number of carbonyl (C=O) groups excluding carboxylic acids is 1. The van der Waals surface area contributed by atoms with E-state index in [9.17, 15) is 4.79 Å². The number of para-hydroxylation sites is 1. The van der Waals surface area contributed by atoms with Crippen molar-refractivity contribution in [3.8, 4) is 0 Å². The van der Waals surface area contributed by atoms with Gasteiger partial charge in [0.05, 0.1) is 5.92 Å². The van der Waals surface area contributed by atoms with Gasteiger partial charge in [0.2, 0.25) is 5.91 Å². The molecule has 1 atom stereocenters. The zero-order chi connectivity index (χ0) is 14.9. The Labute approximate surface area is 132 Å². The molecule has 1 aromatic rings. The molecule has 0 saturated carbocycles. The number of benzene rings is 1. The molecule has 2 rings (SSSR count). The average Bonchev–Trinajstić information content (AvgIpc) is 2.53. The van der Waals surface area contributed by atoms with Crippen LogP contribution in [0, 0.1) is 0 Å². The normalized spacial score (nSPS) is 16.9. The third-order valence-corrected chi connectivity index (χ3v) is 4.67. The molecule has 1 amide bonds. The molecular weight excluding hydrogens is 280 g/mol. The van der Waals surface area contributed by atoms with Crippen molar-refractivity contribution in [1.82, 2.24) is 5.32 Å². The Morgan fingerprint density at radius 3 is 2.95 bits per heavy atom. The van der Waals surface area contributed by atoms with E-state index in [0.29, 0.717) is 0 Å². The molecular formula is C17H26N2OS. The number of rotatable bonds is 8. The number of nitrogens with one attached hydrogen (secondary N) is 2. The minimum Gasteiger partial charge on any atom is -0.385 e. The van der Waals surface area contributed by atoms with Gasteiger partial charge in [-0.05, 0) is 42.9 Å². The molecule has 21 heavy (non-hydrogen) atoms. The maximum absolute atomic E-state index is 12.4. The number of carbonyl (C=O) groups is 1. The van der Waals surface area contributed by atoms with Crippen molar-refractivity contribution < 1.29 is 4.79 Å². The largest absolute Gasteiger partial charge is 0.385 e. The van der Waals surface area contributed by atoms with Crippen molar-refractivity contribution in [3.63, 3.8) is 0 Å². The van der Waals surface area contributed by atoms with Crippen LogP contribution < -0.4 is 10.6 Å². The SMILES string of the molecule is CSCCCCCCNC(=O)C1CCNc2ccccc21. The third-order valence-electron chi connectivity index (χ3n) is 3.98. The summed E-state index contributed by atoms with van der Waals surface area (Å²) in [6, 6.07) is 8.15. The minimum atomic E-state index is 0.0129. The van der Waals surface area contributed by atoms with Crippen LogP contribution in [0.15, 0.2) is 24.3 Å². The molecule has 1 heterocycles. The van der Waals surface area contributed by atoms with Crippen LogP contribution in [0.2, 0.25) is 0 Å². The Bertz CT molecular complexity index is 450. The standard InChI is InChI=1S/C17H26N2OS/c1-21-13-7-3-2-6-11-19-17(20)15-10-12-18-16-9-5-4-8-14(15)16/h4-5,8-9,15,18H,2-3,6-7,10-13H2,1H3,(H,19,20). The molecule has 0 aliphatic carbocycles. The van der Waals surface area contributed by atoms with Gasteiger partial charge in [-0.1, -0.05) is 31.0 Å². The zero-order valence-corrected chi connectivity index (χ0v) is 13.7. The Morgan fingerprint density at radius 1 is 1.29 bits per heavy atom. The number of amides is 1. The van der Waals surface area contributed by atoms with Gasteiger partial charge in [0.15, 0.2) is 0 Å². The zero-order valence-electron chi connectivity index (χ0n) is 12.9. The minimum absolute atomic E-state index is 0.0129. The quantitative estimate of drug-likeness (QED) is 0.721. The summed E-state index contributed by atoms with van der Waals surface area (Å²) in [6.07, 6.45) is 7.90. The summed E-state index contributed by atoms with van der Waals surface area (Å²) >= 11 is 1.91. The number of hydrogen-bond acceptors (Lipinski definition) is 3. The van der Waals surface area contributed by atoms with Gasteiger partial charge >= 0.3 is 0 Å². The third kappa shape index (κ3) is 4.95. The van der Waals surface area contributed by atoms with Crippen LogP contribution in [-0.2, 0) is 4.79 Å². The first-order valence-electron chi connectivity index (χ1n) is 7.92.